The molecule has 0 saturated carbocycles. The number of alkyl halides is 3. The molecular formula is C31H43F4N5O5S. The molecule has 0 unspecified atom stereocenters. The van der Waals surface area contributed by atoms with Crippen molar-refractivity contribution in [3.8, 4) is 0 Å². The van der Waals surface area contributed by atoms with E-state index in [1.807, 2.05) is 20.8 Å². The topological polar surface area (TPSA) is 122 Å². The Bertz CT molecular complexity index is 1500. The number of hydrogen-bond acceptors (Lipinski definition) is 7. The van der Waals surface area contributed by atoms with Crippen molar-refractivity contribution in [2.45, 2.75) is 52.6 Å². The molecule has 10 nitrogen and oxygen atoms in total. The number of rotatable bonds is 8. The van der Waals surface area contributed by atoms with Crippen molar-refractivity contribution in [1.29, 1.82) is 0 Å². The van der Waals surface area contributed by atoms with Crippen molar-refractivity contribution >= 4 is 39.0 Å². The number of sulfonamides is 1. The lowest BCUT2D eigenvalue weighted by Gasteiger charge is -2.13. The molecule has 1 aliphatic rings. The Kier molecular flexibility index (Phi) is 17.4. The Balaban J connectivity index is 0.000000887. The zero-order valence-corrected chi connectivity index (χ0v) is 28.2. The number of benzene rings is 2. The molecule has 15 heteroatoms. The number of fused-ring (bicyclic) bond motifs is 1. The number of halogens is 4. The quantitative estimate of drug-likeness (QED) is 0.153. The summed E-state index contributed by atoms with van der Waals surface area (Å²) < 4.78 is 68.4. The Morgan fingerprint density at radius 2 is 1.67 bits per heavy atom. The zero-order chi connectivity index (χ0) is 35.8. The first-order valence-corrected chi connectivity index (χ1v) is 15.5. The Morgan fingerprint density at radius 1 is 1.09 bits per heavy atom. The first-order chi connectivity index (χ1) is 21.3. The number of hydrogen-bond donors (Lipinski definition) is 3. The molecule has 0 aromatic heterocycles. The molecule has 46 heavy (non-hydrogen) atoms. The number of carboxylic acid groups (broad SMARTS) is 1. The van der Waals surface area contributed by atoms with Gasteiger partial charge in [0.05, 0.1) is 22.6 Å². The van der Waals surface area contributed by atoms with E-state index in [1.54, 1.807) is 0 Å². The third-order valence-corrected chi connectivity index (χ3v) is 7.15. The van der Waals surface area contributed by atoms with E-state index < -0.39 is 28.1 Å². The standard InChI is InChI=1S/C16H15FN4O5S.C11H19N.C2H3F3.C2H6/c1-20(17)10-4-5-12(11(8-10)16(23)24)18-15(22)9-3-6-13-14(7-9)27(25,26)19-21(13)2;1-5-11(3)9-7-8-10-12(4)6-2;1-2(3,4)5;1-2/h3-8,19H,1-2H3,(H,18,22)(H,23,24);5,7-10H,6H2,1-4H3;1H3;1-2H3/b;9-7-,10-8+,11-5-;;. The van der Waals surface area contributed by atoms with Crippen LogP contribution in [0.3, 0.4) is 0 Å². The fraction of sp³-hybridized carbons (Fsp3) is 0.355. The van der Waals surface area contributed by atoms with Gasteiger partial charge >= 0.3 is 12.1 Å². The molecule has 3 rings (SSSR count). The smallest absolute Gasteiger partial charge is 0.386 e. The average molecular weight is 674 g/mol. The van der Waals surface area contributed by atoms with Crippen LogP contribution in [0.2, 0.25) is 0 Å². The molecule has 1 heterocycles. The van der Waals surface area contributed by atoms with Gasteiger partial charge in [0.15, 0.2) is 0 Å². The minimum Gasteiger partial charge on any atom is -0.478 e. The third-order valence-electron chi connectivity index (χ3n) is 5.73. The molecule has 2 aromatic carbocycles. The maximum absolute atomic E-state index is 13.3. The van der Waals surface area contributed by atoms with Crippen molar-refractivity contribution in [2.75, 3.05) is 43.1 Å². The van der Waals surface area contributed by atoms with Crippen LogP contribution in [0.5, 0.6) is 0 Å². The maximum Gasteiger partial charge on any atom is 0.386 e. The molecule has 256 valence electrons. The Hall–Kier alpha value is -4.37. The molecule has 0 atom stereocenters. The molecule has 0 aliphatic carbocycles. The summed E-state index contributed by atoms with van der Waals surface area (Å²) in [5.74, 6) is -2.05. The molecular weight excluding hydrogens is 630 g/mol. The number of amides is 1. The summed E-state index contributed by atoms with van der Waals surface area (Å²) in [5.41, 5.74) is 1.35. The van der Waals surface area contributed by atoms with Crippen LogP contribution < -0.4 is 20.3 Å². The molecule has 0 spiro atoms. The number of carboxylic acids is 1. The molecule has 1 aliphatic heterocycles. The lowest BCUT2D eigenvalue weighted by Crippen LogP contribution is -2.31. The van der Waals surface area contributed by atoms with Crippen LogP contribution in [-0.2, 0) is 10.0 Å². The summed E-state index contributed by atoms with van der Waals surface area (Å²) >= 11 is 0. The first kappa shape index (κ1) is 41.6. The van der Waals surface area contributed by atoms with Crippen LogP contribution in [-0.4, -0.2) is 64.2 Å². The fourth-order valence-electron chi connectivity index (χ4n) is 3.24. The molecule has 2 aromatic rings. The van der Waals surface area contributed by atoms with Gasteiger partial charge in [-0.25, -0.2) is 18.3 Å². The third kappa shape index (κ3) is 14.6. The fourth-order valence-corrected chi connectivity index (χ4v) is 4.56. The number of nitrogens with zero attached hydrogens (tertiary/aromatic N) is 3. The van der Waals surface area contributed by atoms with Gasteiger partial charge in [0.2, 0.25) is 0 Å². The number of hydrazine groups is 1. The van der Waals surface area contributed by atoms with E-state index in [0.717, 1.165) is 19.7 Å². The van der Waals surface area contributed by atoms with Gasteiger partial charge in [-0.1, -0.05) is 37.6 Å². The van der Waals surface area contributed by atoms with Crippen molar-refractivity contribution in [3.05, 3.63) is 83.6 Å². The first-order valence-electron chi connectivity index (χ1n) is 14.0. The van der Waals surface area contributed by atoms with Gasteiger partial charge in [-0.15, -0.1) is 9.31 Å². The predicted molar refractivity (Wildman–Crippen MR) is 175 cm³/mol. The van der Waals surface area contributed by atoms with Gasteiger partial charge in [0, 0.05) is 40.2 Å². The van der Waals surface area contributed by atoms with Crippen molar-refractivity contribution in [2.24, 2.45) is 0 Å². The van der Waals surface area contributed by atoms with Crippen LogP contribution in [0.4, 0.5) is 34.7 Å². The van der Waals surface area contributed by atoms with E-state index in [4.69, 9.17) is 0 Å². The zero-order valence-electron chi connectivity index (χ0n) is 27.4. The number of anilines is 3. The molecule has 3 N–H and O–H groups in total. The molecule has 0 fully saturated rings. The van der Waals surface area contributed by atoms with Crippen LogP contribution >= 0.6 is 0 Å². The van der Waals surface area contributed by atoms with Gasteiger partial charge in [0.25, 0.3) is 15.9 Å². The summed E-state index contributed by atoms with van der Waals surface area (Å²) in [6.45, 7) is 11.5. The van der Waals surface area contributed by atoms with E-state index in [2.05, 4.69) is 66.4 Å². The van der Waals surface area contributed by atoms with Crippen LogP contribution in [0.15, 0.2) is 77.4 Å². The van der Waals surface area contributed by atoms with Gasteiger partial charge in [0.1, 0.15) is 4.90 Å². The summed E-state index contributed by atoms with van der Waals surface area (Å²) in [7, 11) is 0.923. The highest BCUT2D eigenvalue weighted by molar-refractivity contribution is 7.90. The number of allylic oxidation sites excluding steroid dienone is 5. The van der Waals surface area contributed by atoms with E-state index in [-0.39, 0.29) is 39.4 Å². The van der Waals surface area contributed by atoms with Gasteiger partial charge in [-0.2, -0.15) is 13.2 Å². The highest BCUT2D eigenvalue weighted by atomic mass is 32.2. The predicted octanol–water partition coefficient (Wildman–Crippen LogP) is 7.17. The van der Waals surface area contributed by atoms with Crippen LogP contribution in [0.25, 0.3) is 0 Å². The monoisotopic (exact) mass is 673 g/mol. The minimum atomic E-state index is -4.00. The highest BCUT2D eigenvalue weighted by Gasteiger charge is 2.30. The van der Waals surface area contributed by atoms with Gasteiger partial charge in [-0.05, 0) is 69.4 Å². The molecule has 1 amide bonds. The van der Waals surface area contributed by atoms with Gasteiger partial charge in [-0.3, -0.25) is 9.80 Å². The van der Waals surface area contributed by atoms with E-state index >= 15 is 0 Å². The second kappa shape index (κ2) is 19.2. The normalized spacial score (nSPS) is 13.4. The summed E-state index contributed by atoms with van der Waals surface area (Å²) in [6.07, 6.45) is 6.37. The summed E-state index contributed by atoms with van der Waals surface area (Å²) in [5, 5.41) is 13.3. The highest BCUT2D eigenvalue weighted by Crippen LogP contribution is 2.31. The number of carbonyl (C=O) groups excluding carboxylic acids is 1. The summed E-state index contributed by atoms with van der Waals surface area (Å²) in [6, 6.07) is 7.70. The van der Waals surface area contributed by atoms with Gasteiger partial charge < -0.3 is 15.3 Å². The average Bonchev–Trinajstić information content (AvgIpc) is 3.22. The number of carbonyl (C=O) groups is 2. The number of aromatic carboxylic acids is 1. The van der Waals surface area contributed by atoms with E-state index in [0.29, 0.717) is 5.69 Å². The maximum atomic E-state index is 13.3. The molecule has 0 saturated heterocycles. The molecule has 0 radical (unpaired) electrons. The second-order valence-corrected chi connectivity index (χ2v) is 11.0. The van der Waals surface area contributed by atoms with E-state index in [1.165, 1.54) is 48.0 Å². The lowest BCUT2D eigenvalue weighted by atomic mass is 10.1. The van der Waals surface area contributed by atoms with Crippen molar-refractivity contribution in [1.82, 2.24) is 9.73 Å². The van der Waals surface area contributed by atoms with Crippen LogP contribution in [0.1, 0.15) is 62.3 Å². The summed E-state index contributed by atoms with van der Waals surface area (Å²) in [4.78, 5) is 28.2. The number of nitrogens with one attached hydrogen (secondary N) is 2. The van der Waals surface area contributed by atoms with Crippen LogP contribution in [0, 0.1) is 0 Å². The Labute approximate surface area is 268 Å². The Morgan fingerprint density at radius 3 is 2.17 bits per heavy atom. The second-order valence-electron chi connectivity index (χ2n) is 9.39. The SMILES string of the molecule is CC.CC(F)(F)F.CN(F)c1ccc(NC(=O)c2ccc3c(c2)S(=O)(=O)NN3C)c(C(=O)O)c1.C\C=C(C)/C=C\C=C\N(C)CC. The largest absolute Gasteiger partial charge is 0.478 e. The lowest BCUT2D eigenvalue weighted by molar-refractivity contribution is -0.110. The minimum absolute atomic E-state index is 0.00290. The molecule has 0 bridgehead atoms. The van der Waals surface area contributed by atoms with Crippen molar-refractivity contribution in [3.63, 3.8) is 0 Å². The van der Waals surface area contributed by atoms with E-state index in [9.17, 15) is 40.8 Å². The van der Waals surface area contributed by atoms with Crippen molar-refractivity contribution < 1.29 is 40.8 Å².